The van der Waals surface area contributed by atoms with Crippen molar-refractivity contribution in [1.29, 1.82) is 0 Å². The van der Waals surface area contributed by atoms with Crippen molar-refractivity contribution in [3.8, 4) is 0 Å². The highest BCUT2D eigenvalue weighted by Crippen LogP contribution is 2.24. The number of amides is 1. The number of hydrogen-bond acceptors (Lipinski definition) is 3. The van der Waals surface area contributed by atoms with Crippen LogP contribution in [-0.2, 0) is 4.79 Å². The zero-order chi connectivity index (χ0) is 16.1. The summed E-state index contributed by atoms with van der Waals surface area (Å²) < 4.78 is 0. The van der Waals surface area contributed by atoms with E-state index in [1.807, 2.05) is 11.9 Å². The van der Waals surface area contributed by atoms with Crippen molar-refractivity contribution in [2.24, 2.45) is 11.8 Å². The van der Waals surface area contributed by atoms with Gasteiger partial charge in [-0.25, -0.2) is 0 Å². The average molecular weight is 309 g/mol. The topological polar surface area (TPSA) is 35.6 Å². The van der Waals surface area contributed by atoms with Gasteiger partial charge in [0.2, 0.25) is 5.91 Å². The van der Waals surface area contributed by atoms with Crippen molar-refractivity contribution < 1.29 is 4.79 Å². The lowest BCUT2D eigenvalue weighted by molar-refractivity contribution is -0.134. The highest BCUT2D eigenvalue weighted by Gasteiger charge is 2.28. The van der Waals surface area contributed by atoms with Crippen molar-refractivity contribution in [1.82, 2.24) is 15.1 Å². The summed E-state index contributed by atoms with van der Waals surface area (Å²) in [4.78, 5) is 17.2. The van der Waals surface area contributed by atoms with Gasteiger partial charge in [0.25, 0.3) is 0 Å². The quantitative estimate of drug-likeness (QED) is 0.847. The molecule has 2 rings (SSSR count). The molecule has 4 heteroatoms. The van der Waals surface area contributed by atoms with Gasteiger partial charge in [-0.05, 0) is 64.5 Å². The van der Waals surface area contributed by atoms with E-state index in [1.165, 1.54) is 12.8 Å². The molecule has 2 saturated heterocycles. The lowest BCUT2D eigenvalue weighted by Gasteiger charge is -2.39. The molecule has 0 spiro atoms. The molecule has 128 valence electrons. The van der Waals surface area contributed by atoms with E-state index in [1.54, 1.807) is 0 Å². The van der Waals surface area contributed by atoms with E-state index in [9.17, 15) is 4.79 Å². The fraction of sp³-hybridized carbons (Fsp3) is 0.944. The fourth-order valence-electron chi connectivity index (χ4n) is 3.94. The Morgan fingerprint density at radius 1 is 1.23 bits per heavy atom. The second-order valence-electron chi connectivity index (χ2n) is 7.65. The van der Waals surface area contributed by atoms with Gasteiger partial charge in [0.1, 0.15) is 0 Å². The van der Waals surface area contributed by atoms with Crippen LogP contribution in [0.4, 0.5) is 0 Å². The van der Waals surface area contributed by atoms with Crippen molar-refractivity contribution in [2.45, 2.75) is 65.0 Å². The van der Waals surface area contributed by atoms with Gasteiger partial charge >= 0.3 is 0 Å². The molecular formula is C18H35N3O. The zero-order valence-electron chi connectivity index (χ0n) is 15.0. The van der Waals surface area contributed by atoms with Crippen LogP contribution in [0.1, 0.15) is 52.9 Å². The van der Waals surface area contributed by atoms with Crippen LogP contribution in [0.25, 0.3) is 0 Å². The van der Waals surface area contributed by atoms with E-state index in [4.69, 9.17) is 0 Å². The largest absolute Gasteiger partial charge is 0.343 e. The van der Waals surface area contributed by atoms with E-state index in [-0.39, 0.29) is 0 Å². The Hall–Kier alpha value is -0.610. The number of hydrogen-bond donors (Lipinski definition) is 1. The summed E-state index contributed by atoms with van der Waals surface area (Å²) in [5, 5.41) is 3.47. The van der Waals surface area contributed by atoms with Crippen molar-refractivity contribution in [2.75, 3.05) is 33.2 Å². The average Bonchev–Trinajstić information content (AvgIpc) is 2.55. The van der Waals surface area contributed by atoms with E-state index in [0.717, 1.165) is 39.0 Å². The molecule has 2 aliphatic heterocycles. The van der Waals surface area contributed by atoms with Crippen molar-refractivity contribution >= 4 is 5.91 Å². The SMILES string of the molecule is CC(CC(=O)N(C)C1CCN(C(C)C)CC1)C1CCCNC1. The zero-order valence-corrected chi connectivity index (χ0v) is 15.0. The van der Waals surface area contributed by atoms with Crippen LogP contribution in [-0.4, -0.2) is 61.0 Å². The molecule has 0 saturated carbocycles. The molecule has 0 aliphatic carbocycles. The van der Waals surface area contributed by atoms with Gasteiger partial charge < -0.3 is 15.1 Å². The Labute approximate surface area is 136 Å². The number of nitrogens with zero attached hydrogens (tertiary/aromatic N) is 2. The van der Waals surface area contributed by atoms with Gasteiger partial charge in [0, 0.05) is 38.6 Å². The number of rotatable bonds is 5. The minimum absolute atomic E-state index is 0.348. The molecule has 2 unspecified atom stereocenters. The van der Waals surface area contributed by atoms with Gasteiger partial charge in [-0.15, -0.1) is 0 Å². The predicted octanol–water partition coefficient (Wildman–Crippen LogP) is 2.34. The van der Waals surface area contributed by atoms with Gasteiger partial charge in [-0.3, -0.25) is 4.79 Å². The maximum absolute atomic E-state index is 12.6. The van der Waals surface area contributed by atoms with Gasteiger partial charge in [0.05, 0.1) is 0 Å². The van der Waals surface area contributed by atoms with Crippen LogP contribution < -0.4 is 5.32 Å². The van der Waals surface area contributed by atoms with Crippen molar-refractivity contribution in [3.05, 3.63) is 0 Å². The molecule has 0 bridgehead atoms. The third-order valence-corrected chi connectivity index (χ3v) is 5.81. The molecule has 2 heterocycles. The second-order valence-corrected chi connectivity index (χ2v) is 7.65. The Bertz CT molecular complexity index is 344. The molecule has 0 aromatic rings. The minimum Gasteiger partial charge on any atom is -0.343 e. The van der Waals surface area contributed by atoms with Crippen LogP contribution in [0.3, 0.4) is 0 Å². The number of carbonyl (C=O) groups excluding carboxylic acids is 1. The third kappa shape index (κ3) is 4.69. The van der Waals surface area contributed by atoms with Crippen LogP contribution in [0.15, 0.2) is 0 Å². The van der Waals surface area contributed by atoms with Crippen molar-refractivity contribution in [3.63, 3.8) is 0 Å². The summed E-state index contributed by atoms with van der Waals surface area (Å²) in [6, 6.07) is 1.07. The van der Waals surface area contributed by atoms with Gasteiger partial charge in [-0.1, -0.05) is 6.92 Å². The maximum Gasteiger partial charge on any atom is 0.222 e. The minimum atomic E-state index is 0.348. The second kappa shape index (κ2) is 8.30. The van der Waals surface area contributed by atoms with E-state index in [2.05, 4.69) is 31.0 Å². The van der Waals surface area contributed by atoms with E-state index >= 15 is 0 Å². The first-order valence-corrected chi connectivity index (χ1v) is 9.19. The number of likely N-dealkylation sites (tertiary alicyclic amines) is 1. The first kappa shape index (κ1) is 17.7. The monoisotopic (exact) mass is 309 g/mol. The number of nitrogens with one attached hydrogen (secondary N) is 1. The van der Waals surface area contributed by atoms with E-state index < -0.39 is 0 Å². The smallest absolute Gasteiger partial charge is 0.222 e. The van der Waals surface area contributed by atoms with Crippen LogP contribution in [0.2, 0.25) is 0 Å². The molecule has 4 nitrogen and oxygen atoms in total. The lowest BCUT2D eigenvalue weighted by Crippen LogP contribution is -2.47. The first-order valence-electron chi connectivity index (χ1n) is 9.19. The summed E-state index contributed by atoms with van der Waals surface area (Å²) in [5.41, 5.74) is 0. The Morgan fingerprint density at radius 3 is 2.45 bits per heavy atom. The van der Waals surface area contributed by atoms with Gasteiger partial charge in [0.15, 0.2) is 0 Å². The molecule has 0 aromatic heterocycles. The van der Waals surface area contributed by atoms with E-state index in [0.29, 0.717) is 36.2 Å². The molecule has 2 aliphatic rings. The Balaban J connectivity index is 1.77. The lowest BCUT2D eigenvalue weighted by atomic mass is 9.85. The molecule has 0 aromatic carbocycles. The van der Waals surface area contributed by atoms with Crippen LogP contribution in [0, 0.1) is 11.8 Å². The third-order valence-electron chi connectivity index (χ3n) is 5.81. The molecule has 1 amide bonds. The molecule has 22 heavy (non-hydrogen) atoms. The summed E-state index contributed by atoms with van der Waals surface area (Å²) in [6.45, 7) is 11.3. The molecule has 2 atom stereocenters. The molecule has 0 radical (unpaired) electrons. The van der Waals surface area contributed by atoms with Gasteiger partial charge in [-0.2, -0.15) is 0 Å². The summed E-state index contributed by atoms with van der Waals surface area (Å²) in [7, 11) is 2.02. The fourth-order valence-corrected chi connectivity index (χ4v) is 3.94. The maximum atomic E-state index is 12.6. The van der Waals surface area contributed by atoms with Crippen LogP contribution in [0.5, 0.6) is 0 Å². The molecule has 2 fully saturated rings. The summed E-state index contributed by atoms with van der Waals surface area (Å²) in [5.74, 6) is 1.52. The predicted molar refractivity (Wildman–Crippen MR) is 91.9 cm³/mol. The summed E-state index contributed by atoms with van der Waals surface area (Å²) in [6.07, 6.45) is 5.50. The first-order chi connectivity index (χ1) is 10.5. The van der Waals surface area contributed by atoms with Crippen LogP contribution >= 0.6 is 0 Å². The Kier molecular flexibility index (Phi) is 6.69. The normalized spacial score (nSPS) is 26.1. The molecular weight excluding hydrogens is 274 g/mol. The highest BCUT2D eigenvalue weighted by atomic mass is 16.2. The summed E-state index contributed by atoms with van der Waals surface area (Å²) >= 11 is 0. The highest BCUT2D eigenvalue weighted by molar-refractivity contribution is 5.76. The Morgan fingerprint density at radius 2 is 1.91 bits per heavy atom. The standard InChI is InChI=1S/C18H35N3O/c1-14(2)21-10-7-17(8-11-21)20(4)18(22)12-15(3)16-6-5-9-19-13-16/h14-17,19H,5-13H2,1-4H3. The number of carbonyl (C=O) groups is 1. The number of piperidine rings is 2. The molecule has 1 N–H and O–H groups in total.